The summed E-state index contributed by atoms with van der Waals surface area (Å²) in [5.41, 5.74) is 1.03. The van der Waals surface area contributed by atoms with E-state index in [4.69, 9.17) is 0 Å². The molecule has 2 fully saturated rings. The van der Waals surface area contributed by atoms with Gasteiger partial charge < -0.3 is 5.11 Å². The molecule has 0 spiro atoms. The van der Waals surface area contributed by atoms with Crippen molar-refractivity contribution < 1.29 is 5.11 Å². The number of β-amino-alcohol motifs (C(OH)–C–C–N with tert-alkyl or cyclic N) is 1. The minimum Gasteiger partial charge on any atom is -0.387 e. The molecule has 0 bridgehead atoms. The SMILES string of the molecule is CC1CN2CCCC2CN1CC(O)c1ccccc1. The fraction of sp³-hybridized carbons (Fsp3) is 0.625. The molecule has 2 aliphatic rings. The first-order chi connectivity index (χ1) is 9.24. The van der Waals surface area contributed by atoms with E-state index in [0.717, 1.165) is 31.2 Å². The van der Waals surface area contributed by atoms with Crippen molar-refractivity contribution in [2.75, 3.05) is 26.2 Å². The van der Waals surface area contributed by atoms with Crippen LogP contribution in [0.1, 0.15) is 31.4 Å². The van der Waals surface area contributed by atoms with Gasteiger partial charge in [0.2, 0.25) is 0 Å². The van der Waals surface area contributed by atoms with Crippen molar-refractivity contribution >= 4 is 0 Å². The van der Waals surface area contributed by atoms with Crippen molar-refractivity contribution in [3.8, 4) is 0 Å². The lowest BCUT2D eigenvalue weighted by atomic mass is 10.0. The predicted octanol–water partition coefficient (Wildman–Crippen LogP) is 1.89. The molecule has 1 N–H and O–H groups in total. The highest BCUT2D eigenvalue weighted by atomic mass is 16.3. The molecule has 1 aromatic carbocycles. The molecule has 3 nitrogen and oxygen atoms in total. The highest BCUT2D eigenvalue weighted by Crippen LogP contribution is 2.26. The monoisotopic (exact) mass is 260 g/mol. The van der Waals surface area contributed by atoms with Crippen LogP contribution in [-0.2, 0) is 0 Å². The van der Waals surface area contributed by atoms with Crippen molar-refractivity contribution in [3.05, 3.63) is 35.9 Å². The van der Waals surface area contributed by atoms with Gasteiger partial charge in [-0.05, 0) is 31.9 Å². The second kappa shape index (κ2) is 5.61. The number of fused-ring (bicyclic) bond motifs is 1. The second-order valence-electron chi connectivity index (χ2n) is 6.02. The number of nitrogens with zero attached hydrogens (tertiary/aromatic N) is 2. The third-order valence-corrected chi connectivity index (χ3v) is 4.66. The van der Waals surface area contributed by atoms with E-state index in [1.54, 1.807) is 0 Å². The van der Waals surface area contributed by atoms with Crippen molar-refractivity contribution in [2.24, 2.45) is 0 Å². The molecular weight excluding hydrogens is 236 g/mol. The quantitative estimate of drug-likeness (QED) is 0.899. The fourth-order valence-electron chi connectivity index (χ4n) is 3.50. The first kappa shape index (κ1) is 13.1. The van der Waals surface area contributed by atoms with E-state index in [9.17, 15) is 5.11 Å². The van der Waals surface area contributed by atoms with Gasteiger partial charge in [-0.3, -0.25) is 9.80 Å². The molecule has 3 atom stereocenters. The van der Waals surface area contributed by atoms with Crippen LogP contribution in [0, 0.1) is 0 Å². The van der Waals surface area contributed by atoms with Crippen LogP contribution < -0.4 is 0 Å². The molecule has 1 aromatic rings. The summed E-state index contributed by atoms with van der Waals surface area (Å²) in [5.74, 6) is 0. The maximum absolute atomic E-state index is 10.4. The van der Waals surface area contributed by atoms with E-state index in [1.165, 1.54) is 19.4 Å². The third-order valence-electron chi connectivity index (χ3n) is 4.66. The molecule has 0 aliphatic carbocycles. The van der Waals surface area contributed by atoms with Crippen molar-refractivity contribution in [1.82, 2.24) is 9.80 Å². The van der Waals surface area contributed by atoms with Gasteiger partial charge in [0.25, 0.3) is 0 Å². The topological polar surface area (TPSA) is 26.7 Å². The standard InChI is InChI=1S/C16H24N2O/c1-13-10-17-9-5-8-15(17)11-18(13)12-16(19)14-6-3-2-4-7-14/h2-4,6-7,13,15-16,19H,5,8-12H2,1H3. The van der Waals surface area contributed by atoms with Crippen LogP contribution in [0.15, 0.2) is 30.3 Å². The lowest BCUT2D eigenvalue weighted by Gasteiger charge is -2.43. The minimum atomic E-state index is -0.364. The van der Waals surface area contributed by atoms with E-state index in [1.807, 2.05) is 30.3 Å². The Morgan fingerprint density at radius 1 is 1.26 bits per heavy atom. The number of aliphatic hydroxyl groups is 1. The number of hydrogen-bond donors (Lipinski definition) is 1. The molecule has 0 radical (unpaired) electrons. The summed E-state index contributed by atoms with van der Waals surface area (Å²) in [4.78, 5) is 5.08. The van der Waals surface area contributed by atoms with E-state index >= 15 is 0 Å². The number of piperazine rings is 1. The van der Waals surface area contributed by atoms with Crippen molar-refractivity contribution in [2.45, 2.75) is 38.0 Å². The molecular formula is C16H24N2O. The Labute approximate surface area is 115 Å². The van der Waals surface area contributed by atoms with Gasteiger partial charge in [0.15, 0.2) is 0 Å². The smallest absolute Gasteiger partial charge is 0.0917 e. The Hall–Kier alpha value is -0.900. The van der Waals surface area contributed by atoms with E-state index < -0.39 is 0 Å². The number of rotatable bonds is 3. The average Bonchev–Trinajstić information content (AvgIpc) is 2.87. The van der Waals surface area contributed by atoms with E-state index in [-0.39, 0.29) is 6.10 Å². The normalized spacial score (nSPS) is 30.2. The maximum atomic E-state index is 10.4. The molecule has 3 heteroatoms. The second-order valence-corrected chi connectivity index (χ2v) is 6.02. The molecule has 2 aliphatic heterocycles. The molecule has 3 unspecified atom stereocenters. The number of benzene rings is 1. The Morgan fingerprint density at radius 3 is 2.84 bits per heavy atom. The summed E-state index contributed by atoms with van der Waals surface area (Å²) >= 11 is 0. The zero-order chi connectivity index (χ0) is 13.2. The molecule has 0 amide bonds. The Morgan fingerprint density at radius 2 is 2.05 bits per heavy atom. The van der Waals surface area contributed by atoms with Crippen LogP contribution >= 0.6 is 0 Å². The van der Waals surface area contributed by atoms with Gasteiger partial charge in [-0.2, -0.15) is 0 Å². The summed E-state index contributed by atoms with van der Waals surface area (Å²) in [6.07, 6.45) is 2.30. The van der Waals surface area contributed by atoms with Gasteiger partial charge in [0.05, 0.1) is 6.10 Å². The van der Waals surface area contributed by atoms with Gasteiger partial charge in [-0.15, -0.1) is 0 Å². The first-order valence-corrected chi connectivity index (χ1v) is 7.45. The van der Waals surface area contributed by atoms with Crippen LogP contribution in [0.5, 0.6) is 0 Å². The molecule has 2 heterocycles. The Kier molecular flexibility index (Phi) is 3.87. The van der Waals surface area contributed by atoms with Crippen LogP contribution in [0.25, 0.3) is 0 Å². The zero-order valence-corrected chi connectivity index (χ0v) is 11.7. The highest BCUT2D eigenvalue weighted by molar-refractivity contribution is 5.17. The third kappa shape index (κ3) is 2.83. The van der Waals surface area contributed by atoms with Crippen molar-refractivity contribution in [1.29, 1.82) is 0 Å². The predicted molar refractivity (Wildman–Crippen MR) is 77.0 cm³/mol. The fourth-order valence-corrected chi connectivity index (χ4v) is 3.50. The molecule has 0 saturated carbocycles. The molecule has 2 saturated heterocycles. The lowest BCUT2D eigenvalue weighted by molar-refractivity contribution is 0.0226. The van der Waals surface area contributed by atoms with Crippen LogP contribution in [-0.4, -0.2) is 53.2 Å². The average molecular weight is 260 g/mol. The summed E-state index contributed by atoms with van der Waals surface area (Å²) in [5, 5.41) is 10.4. The molecule has 104 valence electrons. The maximum Gasteiger partial charge on any atom is 0.0917 e. The Balaban J connectivity index is 1.63. The van der Waals surface area contributed by atoms with E-state index in [2.05, 4.69) is 16.7 Å². The zero-order valence-electron chi connectivity index (χ0n) is 11.7. The molecule has 3 rings (SSSR count). The van der Waals surface area contributed by atoms with Gasteiger partial charge in [-0.25, -0.2) is 0 Å². The van der Waals surface area contributed by atoms with Crippen LogP contribution in [0.2, 0.25) is 0 Å². The van der Waals surface area contributed by atoms with E-state index in [0.29, 0.717) is 6.04 Å². The molecule has 19 heavy (non-hydrogen) atoms. The van der Waals surface area contributed by atoms with Crippen LogP contribution in [0.3, 0.4) is 0 Å². The highest BCUT2D eigenvalue weighted by Gasteiger charge is 2.34. The van der Waals surface area contributed by atoms with Gasteiger partial charge in [0.1, 0.15) is 0 Å². The number of hydrogen-bond acceptors (Lipinski definition) is 3. The van der Waals surface area contributed by atoms with Gasteiger partial charge in [-0.1, -0.05) is 30.3 Å². The largest absolute Gasteiger partial charge is 0.387 e. The van der Waals surface area contributed by atoms with Crippen molar-refractivity contribution in [3.63, 3.8) is 0 Å². The summed E-state index contributed by atoms with van der Waals surface area (Å²) in [6, 6.07) is 11.3. The van der Waals surface area contributed by atoms with Crippen LogP contribution in [0.4, 0.5) is 0 Å². The summed E-state index contributed by atoms with van der Waals surface area (Å²) < 4.78 is 0. The lowest BCUT2D eigenvalue weighted by Crippen LogP contribution is -2.55. The summed E-state index contributed by atoms with van der Waals surface area (Å²) in [7, 11) is 0. The Bertz CT molecular complexity index is 408. The van der Waals surface area contributed by atoms with Gasteiger partial charge in [0, 0.05) is 31.7 Å². The molecule has 0 aromatic heterocycles. The minimum absolute atomic E-state index is 0.364. The number of aliphatic hydroxyl groups excluding tert-OH is 1. The van der Waals surface area contributed by atoms with Gasteiger partial charge >= 0.3 is 0 Å². The first-order valence-electron chi connectivity index (χ1n) is 7.45. The summed E-state index contributed by atoms with van der Waals surface area (Å²) in [6.45, 7) is 6.59.